The lowest BCUT2D eigenvalue weighted by Crippen LogP contribution is -2.29. The van der Waals surface area contributed by atoms with Gasteiger partial charge in [-0.25, -0.2) is 4.39 Å². The van der Waals surface area contributed by atoms with Crippen molar-refractivity contribution in [3.05, 3.63) is 59.7 Å². The first-order chi connectivity index (χ1) is 9.22. The molecule has 1 aromatic carbocycles. The molecule has 5 heteroatoms. The van der Waals surface area contributed by atoms with E-state index in [1.165, 1.54) is 12.1 Å². The molecule has 1 heterocycles. The molecule has 19 heavy (non-hydrogen) atoms. The number of nitrogens with two attached hydrogens (primary N) is 1. The molecule has 0 bridgehead atoms. The van der Waals surface area contributed by atoms with Gasteiger partial charge >= 0.3 is 0 Å². The summed E-state index contributed by atoms with van der Waals surface area (Å²) in [6, 6.07) is 8.13. The fourth-order valence-electron chi connectivity index (χ4n) is 1.87. The number of nitrogens with zero attached hydrogens (tertiary/aromatic N) is 1. The number of methoxy groups -OCH3 is 1. The highest BCUT2D eigenvalue weighted by Crippen LogP contribution is 2.20. The van der Waals surface area contributed by atoms with E-state index in [1.807, 2.05) is 6.07 Å². The van der Waals surface area contributed by atoms with Crippen molar-refractivity contribution in [2.24, 2.45) is 5.84 Å². The van der Waals surface area contributed by atoms with E-state index in [4.69, 9.17) is 10.6 Å². The molecule has 1 unspecified atom stereocenters. The van der Waals surface area contributed by atoms with Gasteiger partial charge in [-0.2, -0.15) is 0 Å². The number of hydrogen-bond donors (Lipinski definition) is 2. The summed E-state index contributed by atoms with van der Waals surface area (Å²) in [6.45, 7) is 0. The fraction of sp³-hybridized carbons (Fsp3) is 0.214. The van der Waals surface area contributed by atoms with Crippen LogP contribution in [0.15, 0.2) is 42.7 Å². The van der Waals surface area contributed by atoms with Crippen LogP contribution < -0.4 is 16.0 Å². The zero-order valence-corrected chi connectivity index (χ0v) is 10.6. The van der Waals surface area contributed by atoms with Crippen LogP contribution >= 0.6 is 0 Å². The van der Waals surface area contributed by atoms with Crippen LogP contribution in [0.4, 0.5) is 4.39 Å². The molecular weight excluding hydrogens is 245 g/mol. The first-order valence-electron chi connectivity index (χ1n) is 5.92. The van der Waals surface area contributed by atoms with Gasteiger partial charge in [0.2, 0.25) is 0 Å². The van der Waals surface area contributed by atoms with E-state index in [0.717, 1.165) is 11.1 Å². The summed E-state index contributed by atoms with van der Waals surface area (Å²) in [7, 11) is 1.59. The van der Waals surface area contributed by atoms with Crippen LogP contribution in [0, 0.1) is 5.82 Å². The summed E-state index contributed by atoms with van der Waals surface area (Å²) in [4.78, 5) is 4.10. The molecule has 100 valence electrons. The predicted molar refractivity (Wildman–Crippen MR) is 71.0 cm³/mol. The van der Waals surface area contributed by atoms with Crippen LogP contribution in [0.1, 0.15) is 17.2 Å². The first-order valence-corrected chi connectivity index (χ1v) is 5.92. The van der Waals surface area contributed by atoms with Gasteiger partial charge in [-0.3, -0.25) is 16.3 Å². The lowest BCUT2D eigenvalue weighted by atomic mass is 10.0. The van der Waals surface area contributed by atoms with Crippen molar-refractivity contribution in [2.75, 3.05) is 7.11 Å². The molecule has 0 aliphatic carbocycles. The van der Waals surface area contributed by atoms with Gasteiger partial charge in [-0.15, -0.1) is 0 Å². The largest absolute Gasteiger partial charge is 0.495 e. The predicted octanol–water partition coefficient (Wildman–Crippen LogP) is 1.98. The molecule has 0 saturated heterocycles. The summed E-state index contributed by atoms with van der Waals surface area (Å²) < 4.78 is 18.0. The van der Waals surface area contributed by atoms with E-state index >= 15 is 0 Å². The van der Waals surface area contributed by atoms with E-state index in [1.54, 1.807) is 31.6 Å². The highest BCUT2D eigenvalue weighted by atomic mass is 19.1. The number of aromatic nitrogens is 1. The molecule has 0 amide bonds. The summed E-state index contributed by atoms with van der Waals surface area (Å²) in [5, 5.41) is 0. The van der Waals surface area contributed by atoms with E-state index in [2.05, 4.69) is 10.4 Å². The third-order valence-corrected chi connectivity index (χ3v) is 2.93. The second-order valence-electron chi connectivity index (χ2n) is 4.21. The van der Waals surface area contributed by atoms with E-state index in [0.29, 0.717) is 12.2 Å². The maximum atomic E-state index is 12.9. The summed E-state index contributed by atoms with van der Waals surface area (Å²) in [6.07, 6.45) is 4.01. The van der Waals surface area contributed by atoms with Crippen LogP contribution in [0.5, 0.6) is 5.75 Å². The number of benzene rings is 1. The second kappa shape index (κ2) is 6.26. The minimum absolute atomic E-state index is 0.104. The zero-order chi connectivity index (χ0) is 13.7. The lowest BCUT2D eigenvalue weighted by Gasteiger charge is -2.16. The zero-order valence-electron chi connectivity index (χ0n) is 10.6. The Morgan fingerprint density at radius 1 is 1.32 bits per heavy atom. The average Bonchev–Trinajstić information content (AvgIpc) is 2.46. The summed E-state index contributed by atoms with van der Waals surface area (Å²) in [5.74, 6) is 6.01. The molecule has 1 aromatic heterocycles. The minimum Gasteiger partial charge on any atom is -0.495 e. The Morgan fingerprint density at radius 3 is 2.68 bits per heavy atom. The smallest absolute Gasteiger partial charge is 0.137 e. The number of rotatable bonds is 5. The molecule has 0 fully saturated rings. The van der Waals surface area contributed by atoms with Crippen molar-refractivity contribution in [2.45, 2.75) is 12.5 Å². The number of pyridine rings is 1. The number of halogens is 1. The second-order valence-corrected chi connectivity index (χ2v) is 4.21. The third-order valence-electron chi connectivity index (χ3n) is 2.93. The average molecular weight is 261 g/mol. The van der Waals surface area contributed by atoms with Gasteiger partial charge < -0.3 is 4.74 Å². The molecule has 2 aromatic rings. The standard InChI is InChI=1S/C14H16FN3O/c1-19-13-7-11(8-17-9-13)14(18-16)6-10-2-4-12(15)5-3-10/h2-5,7-9,14,18H,6,16H2,1H3. The van der Waals surface area contributed by atoms with Gasteiger partial charge in [0.15, 0.2) is 0 Å². The normalized spacial score (nSPS) is 12.2. The fourth-order valence-corrected chi connectivity index (χ4v) is 1.87. The van der Waals surface area contributed by atoms with Gasteiger partial charge in [0.1, 0.15) is 11.6 Å². The van der Waals surface area contributed by atoms with Crippen molar-refractivity contribution in [3.63, 3.8) is 0 Å². The molecule has 0 aliphatic heterocycles. The van der Waals surface area contributed by atoms with Crippen molar-refractivity contribution >= 4 is 0 Å². The van der Waals surface area contributed by atoms with Crippen LogP contribution in [-0.2, 0) is 6.42 Å². The van der Waals surface area contributed by atoms with Gasteiger partial charge in [-0.05, 0) is 35.7 Å². The molecule has 0 saturated carbocycles. The number of nitrogens with one attached hydrogen (secondary N) is 1. The number of hydrazine groups is 1. The lowest BCUT2D eigenvalue weighted by molar-refractivity contribution is 0.410. The Hall–Kier alpha value is -1.98. The van der Waals surface area contributed by atoms with E-state index < -0.39 is 0 Å². The van der Waals surface area contributed by atoms with Crippen molar-refractivity contribution in [1.82, 2.24) is 10.4 Å². The van der Waals surface area contributed by atoms with Crippen LogP contribution in [0.3, 0.4) is 0 Å². The Bertz CT molecular complexity index is 530. The molecule has 3 N–H and O–H groups in total. The molecule has 0 spiro atoms. The summed E-state index contributed by atoms with van der Waals surface area (Å²) in [5.41, 5.74) is 4.66. The highest BCUT2D eigenvalue weighted by molar-refractivity contribution is 5.28. The van der Waals surface area contributed by atoms with Gasteiger partial charge in [0.25, 0.3) is 0 Å². The SMILES string of the molecule is COc1cncc(C(Cc2ccc(F)cc2)NN)c1. The molecule has 1 atom stereocenters. The molecule has 0 aliphatic rings. The Kier molecular flexibility index (Phi) is 4.43. The number of hydrogen-bond acceptors (Lipinski definition) is 4. The maximum absolute atomic E-state index is 12.9. The molecule has 2 rings (SSSR count). The van der Waals surface area contributed by atoms with Crippen LogP contribution in [0.25, 0.3) is 0 Å². The van der Waals surface area contributed by atoms with Crippen molar-refractivity contribution < 1.29 is 9.13 Å². The Balaban J connectivity index is 2.17. The monoisotopic (exact) mass is 261 g/mol. The molecular formula is C14H16FN3O. The summed E-state index contributed by atoms with van der Waals surface area (Å²) >= 11 is 0. The number of ether oxygens (including phenoxy) is 1. The van der Waals surface area contributed by atoms with E-state index in [-0.39, 0.29) is 11.9 Å². The van der Waals surface area contributed by atoms with Crippen LogP contribution in [-0.4, -0.2) is 12.1 Å². The third kappa shape index (κ3) is 3.49. The Labute approximate surface area is 111 Å². The van der Waals surface area contributed by atoms with Gasteiger partial charge in [0.05, 0.1) is 19.3 Å². The Morgan fingerprint density at radius 2 is 2.05 bits per heavy atom. The van der Waals surface area contributed by atoms with Gasteiger partial charge in [0, 0.05) is 6.20 Å². The van der Waals surface area contributed by atoms with Crippen molar-refractivity contribution in [3.8, 4) is 5.75 Å². The molecule has 4 nitrogen and oxygen atoms in total. The minimum atomic E-state index is -0.246. The van der Waals surface area contributed by atoms with Crippen molar-refractivity contribution in [1.29, 1.82) is 0 Å². The molecule has 0 radical (unpaired) electrons. The first kappa shape index (κ1) is 13.5. The van der Waals surface area contributed by atoms with Crippen LogP contribution in [0.2, 0.25) is 0 Å². The topological polar surface area (TPSA) is 60.2 Å². The highest BCUT2D eigenvalue weighted by Gasteiger charge is 2.12. The quantitative estimate of drug-likeness (QED) is 0.638. The van der Waals surface area contributed by atoms with E-state index in [9.17, 15) is 4.39 Å². The maximum Gasteiger partial charge on any atom is 0.137 e. The van der Waals surface area contributed by atoms with Gasteiger partial charge in [-0.1, -0.05) is 12.1 Å².